The molecule has 6 heteroatoms. The van der Waals surface area contributed by atoms with Gasteiger partial charge in [0.15, 0.2) is 6.10 Å². The summed E-state index contributed by atoms with van der Waals surface area (Å²) in [7, 11) is 0. The smallest absolute Gasteiger partial charge is 0.306 e. The van der Waals surface area contributed by atoms with Crippen molar-refractivity contribution in [2.24, 2.45) is 0 Å². The molecular weight excluding hydrogens is 1010 g/mol. The maximum absolute atomic E-state index is 12.9. The molecule has 0 aromatic rings. The molecule has 0 amide bonds. The second-order valence-corrected chi connectivity index (χ2v) is 22.3. The SMILES string of the molecule is CC/C=C\C/C=C\C/C=C\C/C=C\C/C=C\C/C=C\CCCCCCCCCCCCC(=O)OCC(COC(=O)CCCCCCCCCC)OC(=O)CCCCCCCCCCCCC/C=C\C/C=C\C/C=C\C/C=C\C/C=C\CC. The van der Waals surface area contributed by atoms with E-state index in [1.54, 1.807) is 0 Å². The molecule has 0 saturated heterocycles. The molecule has 1 unspecified atom stereocenters. The van der Waals surface area contributed by atoms with Crippen LogP contribution in [0, 0.1) is 0 Å². The number of hydrogen-bond acceptors (Lipinski definition) is 6. The molecule has 0 rings (SSSR count). The van der Waals surface area contributed by atoms with E-state index in [2.05, 4.69) is 154 Å². The minimum atomic E-state index is -0.784. The molecule has 82 heavy (non-hydrogen) atoms. The van der Waals surface area contributed by atoms with Gasteiger partial charge in [0.05, 0.1) is 0 Å². The van der Waals surface area contributed by atoms with Gasteiger partial charge in [0.2, 0.25) is 0 Å². The average Bonchev–Trinajstić information content (AvgIpc) is 3.47. The zero-order chi connectivity index (χ0) is 59.2. The van der Waals surface area contributed by atoms with E-state index in [-0.39, 0.29) is 31.1 Å². The summed E-state index contributed by atoms with van der Waals surface area (Å²) in [6, 6.07) is 0. The molecule has 466 valence electrons. The molecule has 0 aromatic heterocycles. The maximum Gasteiger partial charge on any atom is 0.306 e. The number of carbonyl (C=O) groups is 3. The van der Waals surface area contributed by atoms with E-state index in [0.717, 1.165) is 128 Å². The molecule has 0 heterocycles. The van der Waals surface area contributed by atoms with Gasteiger partial charge in [-0.2, -0.15) is 0 Å². The summed E-state index contributed by atoms with van der Waals surface area (Å²) in [5, 5.41) is 0. The van der Waals surface area contributed by atoms with Crippen molar-refractivity contribution in [1.82, 2.24) is 0 Å². The Hall–Kier alpha value is -4.45. The highest BCUT2D eigenvalue weighted by molar-refractivity contribution is 5.71. The Morgan fingerprint density at radius 2 is 0.476 bits per heavy atom. The van der Waals surface area contributed by atoms with Gasteiger partial charge in [0.1, 0.15) is 13.2 Å². The third-order valence-corrected chi connectivity index (χ3v) is 14.4. The topological polar surface area (TPSA) is 78.9 Å². The Bertz CT molecular complexity index is 1730. The van der Waals surface area contributed by atoms with Crippen LogP contribution in [0.15, 0.2) is 134 Å². The number of rotatable bonds is 61. The molecule has 0 radical (unpaired) electrons. The lowest BCUT2D eigenvalue weighted by Gasteiger charge is -2.18. The van der Waals surface area contributed by atoms with Crippen LogP contribution in [0.1, 0.15) is 310 Å². The van der Waals surface area contributed by atoms with Gasteiger partial charge < -0.3 is 14.2 Å². The molecule has 6 nitrogen and oxygen atoms in total. The van der Waals surface area contributed by atoms with E-state index < -0.39 is 6.10 Å². The van der Waals surface area contributed by atoms with Gasteiger partial charge in [0.25, 0.3) is 0 Å². The van der Waals surface area contributed by atoms with E-state index >= 15 is 0 Å². The van der Waals surface area contributed by atoms with Crippen LogP contribution < -0.4 is 0 Å². The van der Waals surface area contributed by atoms with Crippen molar-refractivity contribution in [3.05, 3.63) is 134 Å². The van der Waals surface area contributed by atoms with Crippen molar-refractivity contribution in [1.29, 1.82) is 0 Å². The quantitative estimate of drug-likeness (QED) is 0.0261. The highest BCUT2D eigenvalue weighted by Crippen LogP contribution is 2.16. The van der Waals surface area contributed by atoms with Crippen LogP contribution in [0.5, 0.6) is 0 Å². The van der Waals surface area contributed by atoms with Crippen molar-refractivity contribution >= 4 is 17.9 Å². The summed E-state index contributed by atoms with van der Waals surface area (Å²) < 4.78 is 16.9. The Labute approximate surface area is 506 Å². The van der Waals surface area contributed by atoms with Crippen LogP contribution in [0.25, 0.3) is 0 Å². The molecule has 0 saturated carbocycles. The van der Waals surface area contributed by atoms with Crippen molar-refractivity contribution in [3.8, 4) is 0 Å². The molecule has 0 N–H and O–H groups in total. The fourth-order valence-corrected chi connectivity index (χ4v) is 9.36. The number of hydrogen-bond donors (Lipinski definition) is 0. The van der Waals surface area contributed by atoms with E-state index in [0.29, 0.717) is 19.3 Å². The molecular formula is C76H126O6. The van der Waals surface area contributed by atoms with Crippen LogP contribution in [0.2, 0.25) is 0 Å². The Kier molecular flexibility index (Phi) is 65.3. The standard InChI is InChI=1S/C76H126O6/c1-4-7-10-13-16-19-21-23-25-27-29-31-33-35-37-38-40-41-43-45-47-49-51-53-55-57-60-63-66-69-75(78)81-72-73(71-80-74(77)68-65-62-59-18-15-12-9-6-3)82-76(79)70-67-64-61-58-56-54-52-50-48-46-44-42-39-36-34-32-30-28-26-24-22-20-17-14-11-8-5-2/h7-8,10-11,16-17,19-20,23-26,29-32,35-37,39-41,73H,4-6,9,12-15,18,21-22,27-28,33-34,38,42-72H2,1-3H3/b10-7-,11-8-,19-16-,20-17-,25-23-,26-24-,31-29-,32-30-,37-35-,39-36-,41-40-. The van der Waals surface area contributed by atoms with Gasteiger partial charge in [-0.25, -0.2) is 0 Å². The van der Waals surface area contributed by atoms with Crippen molar-refractivity contribution < 1.29 is 28.6 Å². The van der Waals surface area contributed by atoms with Gasteiger partial charge in [-0.3, -0.25) is 14.4 Å². The van der Waals surface area contributed by atoms with Gasteiger partial charge >= 0.3 is 17.9 Å². The third-order valence-electron chi connectivity index (χ3n) is 14.4. The average molecular weight is 1140 g/mol. The van der Waals surface area contributed by atoms with E-state index in [4.69, 9.17) is 14.2 Å². The molecule has 0 aromatic carbocycles. The minimum Gasteiger partial charge on any atom is -0.462 e. The summed E-state index contributed by atoms with van der Waals surface area (Å²) in [4.78, 5) is 38.2. The lowest BCUT2D eigenvalue weighted by atomic mass is 10.0. The van der Waals surface area contributed by atoms with Crippen LogP contribution in [0.3, 0.4) is 0 Å². The number of ether oxygens (including phenoxy) is 3. The lowest BCUT2D eigenvalue weighted by molar-refractivity contribution is -0.167. The number of esters is 3. The second kappa shape index (κ2) is 69.0. The van der Waals surface area contributed by atoms with Gasteiger partial charge in [-0.1, -0.05) is 309 Å². The van der Waals surface area contributed by atoms with Crippen LogP contribution in [0.4, 0.5) is 0 Å². The molecule has 0 fully saturated rings. The van der Waals surface area contributed by atoms with E-state index in [1.165, 1.54) is 141 Å². The normalized spacial score (nSPS) is 13.0. The van der Waals surface area contributed by atoms with E-state index in [1.807, 2.05) is 0 Å². The first-order valence-corrected chi connectivity index (χ1v) is 34.2. The molecule has 0 bridgehead atoms. The van der Waals surface area contributed by atoms with Crippen molar-refractivity contribution in [3.63, 3.8) is 0 Å². The molecule has 0 aliphatic rings. The fraction of sp³-hybridized carbons (Fsp3) is 0.671. The second-order valence-electron chi connectivity index (χ2n) is 22.3. The Morgan fingerprint density at radius 3 is 0.744 bits per heavy atom. The highest BCUT2D eigenvalue weighted by atomic mass is 16.6. The molecule has 0 aliphatic heterocycles. The fourth-order valence-electron chi connectivity index (χ4n) is 9.36. The predicted molar refractivity (Wildman–Crippen MR) is 357 cm³/mol. The van der Waals surface area contributed by atoms with Crippen molar-refractivity contribution in [2.45, 2.75) is 316 Å². The number of carbonyl (C=O) groups excluding carboxylic acids is 3. The van der Waals surface area contributed by atoms with Gasteiger partial charge in [-0.15, -0.1) is 0 Å². The molecule has 0 aliphatic carbocycles. The third kappa shape index (κ3) is 66.4. The summed E-state index contributed by atoms with van der Waals surface area (Å²) in [6.45, 7) is 6.39. The monoisotopic (exact) mass is 1130 g/mol. The zero-order valence-electron chi connectivity index (χ0n) is 53.5. The van der Waals surface area contributed by atoms with Crippen LogP contribution in [-0.2, 0) is 28.6 Å². The highest BCUT2D eigenvalue weighted by Gasteiger charge is 2.19. The van der Waals surface area contributed by atoms with E-state index in [9.17, 15) is 14.4 Å². The summed E-state index contributed by atoms with van der Waals surface area (Å²) in [6.07, 6.45) is 97.7. The van der Waals surface area contributed by atoms with Crippen LogP contribution >= 0.6 is 0 Å². The lowest BCUT2D eigenvalue weighted by Crippen LogP contribution is -2.30. The largest absolute Gasteiger partial charge is 0.462 e. The van der Waals surface area contributed by atoms with Crippen LogP contribution in [-0.4, -0.2) is 37.2 Å². The first-order valence-electron chi connectivity index (χ1n) is 34.2. The zero-order valence-corrected chi connectivity index (χ0v) is 53.5. The summed E-state index contributed by atoms with van der Waals surface area (Å²) >= 11 is 0. The maximum atomic E-state index is 12.9. The number of unbranched alkanes of at least 4 members (excludes halogenated alkanes) is 28. The summed E-state index contributed by atoms with van der Waals surface area (Å²) in [5.41, 5.74) is 0. The summed E-state index contributed by atoms with van der Waals surface area (Å²) in [5.74, 6) is -0.887. The first kappa shape index (κ1) is 77.5. The van der Waals surface area contributed by atoms with Gasteiger partial charge in [0, 0.05) is 19.3 Å². The molecule has 0 spiro atoms. The van der Waals surface area contributed by atoms with Gasteiger partial charge in [-0.05, 0) is 116 Å². The Morgan fingerprint density at radius 1 is 0.256 bits per heavy atom. The predicted octanol–water partition coefficient (Wildman–Crippen LogP) is 23.7. The minimum absolute atomic E-state index is 0.0807. The molecule has 1 atom stereocenters. The van der Waals surface area contributed by atoms with Crippen molar-refractivity contribution in [2.75, 3.05) is 13.2 Å². The first-order chi connectivity index (χ1) is 40.5. The number of allylic oxidation sites excluding steroid dienone is 22. The Balaban J connectivity index is 4.18.